The minimum Gasteiger partial charge on any atom is -0.480 e. The van der Waals surface area contributed by atoms with Crippen LogP contribution in [0.1, 0.15) is 11.1 Å². The topological polar surface area (TPSA) is 90.7 Å². The average Bonchev–Trinajstić information content (AvgIpc) is 3.58. The highest BCUT2D eigenvalue weighted by atomic mass is 32.2. The molecule has 1 amide bonds. The molecule has 3 aromatic carbocycles. The van der Waals surface area contributed by atoms with Crippen LogP contribution in [-0.4, -0.2) is 43.1 Å². The molecule has 3 heterocycles. The van der Waals surface area contributed by atoms with E-state index in [2.05, 4.69) is 11.1 Å². The van der Waals surface area contributed by atoms with E-state index in [0.717, 1.165) is 38.6 Å². The van der Waals surface area contributed by atoms with Crippen molar-refractivity contribution in [2.45, 2.75) is 13.0 Å². The number of para-hydroxylation sites is 3. The minimum absolute atomic E-state index is 0.111. The lowest BCUT2D eigenvalue weighted by molar-refractivity contribution is -0.137. The van der Waals surface area contributed by atoms with E-state index >= 15 is 0 Å². The van der Waals surface area contributed by atoms with Crippen LogP contribution in [0.2, 0.25) is 0 Å². The van der Waals surface area contributed by atoms with Gasteiger partial charge in [-0.3, -0.25) is 14.5 Å². The van der Waals surface area contributed by atoms with Crippen LogP contribution in [0.4, 0.5) is 5.69 Å². The van der Waals surface area contributed by atoms with Gasteiger partial charge in [-0.05, 0) is 54.1 Å². The third-order valence-corrected chi connectivity index (χ3v) is 7.57. The first-order valence-corrected chi connectivity index (χ1v) is 13.1. The quantitative estimate of drug-likeness (QED) is 0.256. The summed E-state index contributed by atoms with van der Waals surface area (Å²) in [5, 5.41) is 12.0. The molecule has 0 saturated carbocycles. The number of hydrogen-bond donors (Lipinski definition) is 2. The van der Waals surface area contributed by atoms with Gasteiger partial charge in [0.25, 0.3) is 5.91 Å². The zero-order valence-electron chi connectivity index (χ0n) is 20.4. The maximum absolute atomic E-state index is 13.7. The summed E-state index contributed by atoms with van der Waals surface area (Å²) in [6.07, 6.45) is 6.32. The first-order valence-electron chi connectivity index (χ1n) is 12.3. The van der Waals surface area contributed by atoms with E-state index in [0.29, 0.717) is 23.0 Å². The summed E-state index contributed by atoms with van der Waals surface area (Å²) >= 11 is 1.34. The van der Waals surface area contributed by atoms with Crippen LogP contribution in [0.3, 0.4) is 0 Å². The molecule has 1 saturated heterocycles. The third kappa shape index (κ3) is 4.62. The number of fused-ring (bicyclic) bond motifs is 2. The Bertz CT molecular complexity index is 1730. The number of carboxylic acids is 1. The zero-order chi connectivity index (χ0) is 26.1. The fourth-order valence-corrected chi connectivity index (χ4v) is 5.80. The minimum atomic E-state index is -0.919. The monoisotopic (exact) mass is 520 g/mol. The molecule has 5 aromatic rings. The number of H-pyrrole nitrogens is 1. The molecule has 188 valence electrons. The number of carbonyl (C=O) groups excluding carboxylic acids is 1. The number of carbonyl (C=O) groups is 2. The summed E-state index contributed by atoms with van der Waals surface area (Å²) < 4.78 is 1.70. The maximum Gasteiger partial charge on any atom is 0.323 e. The van der Waals surface area contributed by atoms with Crippen molar-refractivity contribution in [1.82, 2.24) is 14.5 Å². The van der Waals surface area contributed by atoms with Crippen LogP contribution in [0.5, 0.6) is 0 Å². The molecule has 38 heavy (non-hydrogen) atoms. The molecule has 0 spiro atoms. The van der Waals surface area contributed by atoms with E-state index in [1.54, 1.807) is 15.7 Å². The molecule has 0 aliphatic carbocycles. The number of aliphatic carboxylic acids is 1. The highest BCUT2D eigenvalue weighted by Crippen LogP contribution is 2.36. The third-order valence-electron chi connectivity index (χ3n) is 6.56. The number of benzene rings is 3. The number of rotatable bonds is 7. The van der Waals surface area contributed by atoms with E-state index < -0.39 is 5.97 Å². The summed E-state index contributed by atoms with van der Waals surface area (Å²) in [5.41, 5.74) is 4.61. The highest BCUT2D eigenvalue weighted by Gasteiger charge is 2.33. The second-order valence-corrected chi connectivity index (χ2v) is 10.0. The smallest absolute Gasteiger partial charge is 0.323 e. The van der Waals surface area contributed by atoms with Crippen LogP contribution in [0, 0.1) is 0 Å². The van der Waals surface area contributed by atoms with Crippen molar-refractivity contribution >= 4 is 62.4 Å². The molecule has 0 radical (unpaired) electrons. The van der Waals surface area contributed by atoms with Crippen LogP contribution in [-0.2, 0) is 22.6 Å². The second kappa shape index (κ2) is 10.1. The van der Waals surface area contributed by atoms with Gasteiger partial charge in [0.2, 0.25) is 0 Å². The van der Waals surface area contributed by atoms with E-state index in [1.807, 2.05) is 85.1 Å². The molecule has 1 aliphatic rings. The summed E-state index contributed by atoms with van der Waals surface area (Å²) in [6.45, 7) is 0.333. The van der Waals surface area contributed by atoms with Gasteiger partial charge in [-0.1, -0.05) is 54.6 Å². The van der Waals surface area contributed by atoms with Crippen molar-refractivity contribution in [1.29, 1.82) is 0 Å². The molecule has 0 unspecified atom stereocenters. The fraction of sp³-hybridized carbons (Fsp3) is 0.100. The molecule has 8 heteroatoms. The Hall–Kier alpha value is -4.56. The van der Waals surface area contributed by atoms with Crippen LogP contribution in [0.25, 0.3) is 27.9 Å². The number of aliphatic imine (C=N–C) groups is 1. The van der Waals surface area contributed by atoms with Crippen molar-refractivity contribution in [2.24, 2.45) is 4.99 Å². The number of amidine groups is 1. The summed E-state index contributed by atoms with van der Waals surface area (Å²) in [4.78, 5) is 35.5. The molecule has 1 fully saturated rings. The number of carboxylic acid groups (broad SMARTS) is 1. The average molecular weight is 521 g/mol. The predicted octanol–water partition coefficient (Wildman–Crippen LogP) is 6.05. The number of aromatic amines is 1. The van der Waals surface area contributed by atoms with Crippen LogP contribution < -0.4 is 0 Å². The molecule has 0 bridgehead atoms. The van der Waals surface area contributed by atoms with Gasteiger partial charge in [-0.15, -0.1) is 0 Å². The highest BCUT2D eigenvalue weighted by molar-refractivity contribution is 8.18. The Morgan fingerprint density at radius 1 is 0.974 bits per heavy atom. The molecular formula is C30H24N4O3S. The largest absolute Gasteiger partial charge is 0.480 e. The molecule has 2 aromatic heterocycles. The van der Waals surface area contributed by atoms with Gasteiger partial charge in [-0.25, -0.2) is 4.99 Å². The predicted molar refractivity (Wildman–Crippen MR) is 152 cm³/mol. The Labute approximate surface area is 223 Å². The van der Waals surface area contributed by atoms with Gasteiger partial charge in [0.05, 0.1) is 10.6 Å². The molecule has 2 N–H and O–H groups in total. The van der Waals surface area contributed by atoms with E-state index in [9.17, 15) is 14.7 Å². The lowest BCUT2D eigenvalue weighted by atomic mass is 10.1. The molecule has 1 aliphatic heterocycles. The SMILES string of the molecule is O=C(O)Cn1cc(C=C2SC(=Nc3ccccc3)N(CCc3c[nH]c4ccccc34)C2=O)c2ccccc21. The lowest BCUT2D eigenvalue weighted by Crippen LogP contribution is -2.31. The van der Waals surface area contributed by atoms with Crippen LogP contribution >= 0.6 is 11.8 Å². The van der Waals surface area contributed by atoms with Crippen molar-refractivity contribution < 1.29 is 14.7 Å². The Kier molecular flexibility index (Phi) is 6.31. The van der Waals surface area contributed by atoms with Gasteiger partial charge in [0.15, 0.2) is 5.17 Å². The standard InChI is InChI=1S/C30H24N4O3S/c35-28(36)19-33-18-21(24-11-5-7-13-26(24)33)16-27-29(37)34(30(38-27)32-22-8-2-1-3-9-22)15-14-20-17-31-25-12-6-4-10-23(20)25/h1-13,16-18,31H,14-15,19H2,(H,35,36). The first kappa shape index (κ1) is 23.8. The van der Waals surface area contributed by atoms with E-state index in [-0.39, 0.29) is 12.5 Å². The lowest BCUT2D eigenvalue weighted by Gasteiger charge is -2.15. The summed E-state index contributed by atoms with van der Waals surface area (Å²) in [6, 6.07) is 25.4. The van der Waals surface area contributed by atoms with Gasteiger partial charge < -0.3 is 14.7 Å². The molecule has 7 nitrogen and oxygen atoms in total. The van der Waals surface area contributed by atoms with Gasteiger partial charge in [0, 0.05) is 46.3 Å². The first-order chi connectivity index (χ1) is 18.6. The Morgan fingerprint density at radius 2 is 1.71 bits per heavy atom. The molecular weight excluding hydrogens is 496 g/mol. The zero-order valence-corrected chi connectivity index (χ0v) is 21.2. The second-order valence-electron chi connectivity index (χ2n) is 9.03. The number of nitrogens with one attached hydrogen (secondary N) is 1. The van der Waals surface area contributed by atoms with Crippen LogP contribution in [0.15, 0.2) is 101 Å². The summed E-state index contributed by atoms with van der Waals surface area (Å²) in [5.74, 6) is -1.03. The maximum atomic E-state index is 13.7. The number of amides is 1. The summed E-state index contributed by atoms with van der Waals surface area (Å²) in [7, 11) is 0. The number of hydrogen-bond acceptors (Lipinski definition) is 4. The van der Waals surface area contributed by atoms with Crippen molar-refractivity contribution in [3.8, 4) is 0 Å². The van der Waals surface area contributed by atoms with Crippen molar-refractivity contribution in [3.05, 3.63) is 107 Å². The van der Waals surface area contributed by atoms with Crippen molar-refractivity contribution in [3.63, 3.8) is 0 Å². The van der Waals surface area contributed by atoms with Crippen molar-refractivity contribution in [2.75, 3.05) is 6.54 Å². The van der Waals surface area contributed by atoms with Gasteiger partial charge in [-0.2, -0.15) is 0 Å². The fourth-order valence-electron chi connectivity index (χ4n) is 4.78. The molecule has 0 atom stereocenters. The number of thioether (sulfide) groups is 1. The Morgan fingerprint density at radius 3 is 2.53 bits per heavy atom. The number of aromatic nitrogens is 2. The number of nitrogens with zero attached hydrogens (tertiary/aromatic N) is 3. The normalized spacial score (nSPS) is 15.9. The van der Waals surface area contributed by atoms with Gasteiger partial charge in [0.1, 0.15) is 6.54 Å². The van der Waals surface area contributed by atoms with Gasteiger partial charge >= 0.3 is 5.97 Å². The van der Waals surface area contributed by atoms with E-state index in [4.69, 9.17) is 4.99 Å². The van der Waals surface area contributed by atoms with E-state index in [1.165, 1.54) is 11.8 Å². The Balaban J connectivity index is 1.36. The molecule has 6 rings (SSSR count).